The van der Waals surface area contributed by atoms with Crippen molar-refractivity contribution in [3.8, 4) is 0 Å². The monoisotopic (exact) mass is 621 g/mol. The van der Waals surface area contributed by atoms with Crippen molar-refractivity contribution in [3.63, 3.8) is 0 Å². The van der Waals surface area contributed by atoms with Gasteiger partial charge in [-0.15, -0.1) is 0 Å². The predicted octanol–water partition coefficient (Wildman–Crippen LogP) is 6.34. The van der Waals surface area contributed by atoms with Crippen LogP contribution in [0.5, 0.6) is 0 Å². The van der Waals surface area contributed by atoms with Gasteiger partial charge in [0.15, 0.2) is 0 Å². The first-order valence-corrected chi connectivity index (χ1v) is 16.6. The summed E-state index contributed by atoms with van der Waals surface area (Å²) in [5.74, 6) is -1.27. The van der Waals surface area contributed by atoms with Gasteiger partial charge in [0, 0.05) is 25.0 Å². The maximum absolute atomic E-state index is 13.6. The smallest absolute Gasteiger partial charge is 0.410 e. The highest BCUT2D eigenvalue weighted by atomic mass is 35.5. The third-order valence-corrected chi connectivity index (χ3v) is 9.59. The molecule has 226 valence electrons. The molecule has 3 aromatic carbocycles. The lowest BCUT2D eigenvalue weighted by Gasteiger charge is -2.31. The number of fused-ring (bicyclic) bond motifs is 1. The van der Waals surface area contributed by atoms with E-state index >= 15 is 0 Å². The van der Waals surface area contributed by atoms with Gasteiger partial charge in [0.1, 0.15) is 12.3 Å². The molecular formula is C33H36ClN3O5S. The summed E-state index contributed by atoms with van der Waals surface area (Å²) in [5, 5.41) is 1.32. The molecule has 0 aliphatic carbocycles. The van der Waals surface area contributed by atoms with Crippen LogP contribution in [-0.4, -0.2) is 48.7 Å². The summed E-state index contributed by atoms with van der Waals surface area (Å²) in [7, 11) is -4.00. The fourth-order valence-electron chi connectivity index (χ4n) is 5.86. The number of rotatable bonds is 10. The molecule has 1 aromatic heterocycles. The first-order valence-electron chi connectivity index (χ1n) is 14.5. The van der Waals surface area contributed by atoms with E-state index in [1.807, 2.05) is 72.2 Å². The number of para-hydroxylation sites is 1. The average Bonchev–Trinajstić information content (AvgIpc) is 3.29. The number of benzene rings is 3. The number of nitrogens with one attached hydrogen (secondary N) is 1. The fourth-order valence-corrected chi connectivity index (χ4v) is 7.49. The van der Waals surface area contributed by atoms with E-state index in [2.05, 4.69) is 16.9 Å². The van der Waals surface area contributed by atoms with Gasteiger partial charge in [-0.1, -0.05) is 84.4 Å². The highest BCUT2D eigenvalue weighted by Crippen LogP contribution is 2.32. The number of halogens is 1. The Hall–Kier alpha value is -3.82. The van der Waals surface area contributed by atoms with Crippen LogP contribution < -0.4 is 4.72 Å². The van der Waals surface area contributed by atoms with Crippen LogP contribution in [0.15, 0.2) is 78.9 Å². The fraction of sp³-hybridized carbons (Fsp3) is 0.333. The normalized spacial score (nSPS) is 15.4. The van der Waals surface area contributed by atoms with E-state index in [0.717, 1.165) is 23.8 Å². The molecule has 1 aliphatic rings. The van der Waals surface area contributed by atoms with Crippen LogP contribution in [0, 0.1) is 12.8 Å². The van der Waals surface area contributed by atoms with Crippen molar-refractivity contribution in [2.24, 2.45) is 5.92 Å². The Balaban J connectivity index is 1.26. The summed E-state index contributed by atoms with van der Waals surface area (Å²) in [6.45, 7) is 3.21. The lowest BCUT2D eigenvalue weighted by molar-refractivity contribution is 0.0811. The Morgan fingerprint density at radius 2 is 1.67 bits per heavy atom. The summed E-state index contributed by atoms with van der Waals surface area (Å²) < 4.78 is 36.1. The number of carbonyl (C=O) groups is 2. The number of nitrogens with zero attached hydrogens (tertiary/aromatic N) is 2. The van der Waals surface area contributed by atoms with Crippen molar-refractivity contribution < 1.29 is 22.7 Å². The van der Waals surface area contributed by atoms with Crippen LogP contribution in [0.25, 0.3) is 10.9 Å². The van der Waals surface area contributed by atoms with Crippen LogP contribution in [0.2, 0.25) is 5.02 Å². The van der Waals surface area contributed by atoms with E-state index in [-0.39, 0.29) is 30.5 Å². The number of piperidine rings is 1. The average molecular weight is 622 g/mol. The molecule has 10 heteroatoms. The zero-order valence-corrected chi connectivity index (χ0v) is 25.7. The molecule has 5 rings (SSSR count). The number of hydrogen-bond donors (Lipinski definition) is 1. The van der Waals surface area contributed by atoms with Crippen LogP contribution in [0.1, 0.15) is 46.4 Å². The highest BCUT2D eigenvalue weighted by molar-refractivity contribution is 7.90. The minimum absolute atomic E-state index is 0.151. The molecule has 1 unspecified atom stereocenters. The number of carbonyl (C=O) groups excluding carboxylic acids is 2. The second kappa shape index (κ2) is 13.7. The van der Waals surface area contributed by atoms with Gasteiger partial charge >= 0.3 is 6.09 Å². The quantitative estimate of drug-likeness (QED) is 0.223. The number of aromatic nitrogens is 1. The van der Waals surface area contributed by atoms with Crippen LogP contribution in [0.4, 0.5) is 4.79 Å². The standard InChI is InChI=1S/C33H36ClN3O5S/c1-24-28-17-8-18-29(34)31(28)37(20-10-15-25-11-4-2-5-12-25)30(24)32(38)35-43(40,41)23-27-16-9-19-36(21-27)33(39)42-22-26-13-6-3-7-14-26/h2-8,11-14,17-18,27H,9-10,15-16,19-23H2,1H3,(H,35,38). The number of sulfonamides is 1. The van der Waals surface area contributed by atoms with Crippen molar-refractivity contribution >= 4 is 44.5 Å². The van der Waals surface area contributed by atoms with Crippen molar-refractivity contribution in [3.05, 3.63) is 106 Å². The van der Waals surface area contributed by atoms with Crippen molar-refractivity contribution in [1.82, 2.24) is 14.2 Å². The maximum Gasteiger partial charge on any atom is 0.410 e. The lowest BCUT2D eigenvalue weighted by atomic mass is 10.0. The molecule has 4 aromatic rings. The molecular weight excluding hydrogens is 586 g/mol. The largest absolute Gasteiger partial charge is 0.445 e. The van der Waals surface area contributed by atoms with Gasteiger partial charge in [-0.05, 0) is 61.3 Å². The molecule has 0 radical (unpaired) electrons. The molecule has 2 amide bonds. The van der Waals surface area contributed by atoms with Crippen molar-refractivity contribution in [2.75, 3.05) is 18.8 Å². The molecule has 1 N–H and O–H groups in total. The Bertz CT molecular complexity index is 1690. The van der Waals surface area contributed by atoms with Crippen molar-refractivity contribution in [1.29, 1.82) is 0 Å². The summed E-state index contributed by atoms with van der Waals surface area (Å²) in [4.78, 5) is 27.8. The SMILES string of the molecule is Cc1c(C(=O)NS(=O)(=O)CC2CCCN(C(=O)OCc3ccccc3)C2)n(CCCc2ccccc2)c2c(Cl)cccc12. The Morgan fingerprint density at radius 3 is 2.40 bits per heavy atom. The van der Waals surface area contributed by atoms with Gasteiger partial charge < -0.3 is 14.2 Å². The second-order valence-corrected chi connectivity index (χ2v) is 13.2. The third kappa shape index (κ3) is 7.58. The van der Waals surface area contributed by atoms with Crippen LogP contribution >= 0.6 is 11.6 Å². The molecule has 43 heavy (non-hydrogen) atoms. The third-order valence-electron chi connectivity index (χ3n) is 7.88. The lowest BCUT2D eigenvalue weighted by Crippen LogP contribution is -2.44. The molecule has 8 nitrogen and oxygen atoms in total. The first kappa shape index (κ1) is 30.6. The Kier molecular flexibility index (Phi) is 9.72. The maximum atomic E-state index is 13.6. The Labute approximate surface area is 257 Å². The molecule has 0 spiro atoms. The number of hydrogen-bond acceptors (Lipinski definition) is 5. The van der Waals surface area contributed by atoms with E-state index in [4.69, 9.17) is 16.3 Å². The number of likely N-dealkylation sites (tertiary alicyclic amines) is 1. The topological polar surface area (TPSA) is 97.7 Å². The summed E-state index contributed by atoms with van der Waals surface area (Å²) in [6, 6.07) is 24.9. The Morgan fingerprint density at radius 1 is 0.977 bits per heavy atom. The van der Waals surface area contributed by atoms with E-state index in [0.29, 0.717) is 42.0 Å². The number of aryl methyl sites for hydroxylation is 3. The van der Waals surface area contributed by atoms with E-state index in [1.165, 1.54) is 5.56 Å². The molecule has 2 heterocycles. The van der Waals surface area contributed by atoms with Gasteiger partial charge in [0.05, 0.1) is 16.3 Å². The van der Waals surface area contributed by atoms with E-state index in [9.17, 15) is 18.0 Å². The van der Waals surface area contributed by atoms with Crippen molar-refractivity contribution in [2.45, 2.75) is 45.8 Å². The molecule has 0 saturated carbocycles. The van der Waals surface area contributed by atoms with E-state index < -0.39 is 22.0 Å². The van der Waals surface area contributed by atoms with E-state index in [1.54, 1.807) is 11.0 Å². The molecule has 1 atom stereocenters. The summed E-state index contributed by atoms with van der Waals surface area (Å²) in [6.07, 6.45) is 2.36. The molecule has 1 saturated heterocycles. The number of amides is 2. The van der Waals surface area contributed by atoms with Gasteiger partial charge in [-0.2, -0.15) is 0 Å². The number of ether oxygens (including phenoxy) is 1. The highest BCUT2D eigenvalue weighted by Gasteiger charge is 2.31. The zero-order valence-electron chi connectivity index (χ0n) is 24.2. The molecule has 0 bridgehead atoms. The predicted molar refractivity (Wildman–Crippen MR) is 169 cm³/mol. The first-order chi connectivity index (χ1) is 20.7. The minimum Gasteiger partial charge on any atom is -0.445 e. The summed E-state index contributed by atoms with van der Waals surface area (Å²) >= 11 is 6.59. The zero-order chi connectivity index (χ0) is 30.4. The molecule has 1 aliphatic heterocycles. The van der Waals surface area contributed by atoms with Gasteiger partial charge in [-0.3, -0.25) is 4.79 Å². The second-order valence-electron chi connectivity index (χ2n) is 11.1. The van der Waals surface area contributed by atoms with Crippen LogP contribution in [0.3, 0.4) is 0 Å². The molecule has 1 fully saturated rings. The van der Waals surface area contributed by atoms with Gasteiger partial charge in [-0.25, -0.2) is 17.9 Å². The van der Waals surface area contributed by atoms with Gasteiger partial charge in [0.2, 0.25) is 10.0 Å². The summed E-state index contributed by atoms with van der Waals surface area (Å²) in [5.41, 5.74) is 3.74. The minimum atomic E-state index is -4.00. The van der Waals surface area contributed by atoms with Crippen LogP contribution in [-0.2, 0) is 34.3 Å². The van der Waals surface area contributed by atoms with Gasteiger partial charge in [0.25, 0.3) is 5.91 Å².